The fourth-order valence-corrected chi connectivity index (χ4v) is 3.50. The Labute approximate surface area is 137 Å². The number of methoxy groups -OCH3 is 2. The van der Waals surface area contributed by atoms with Crippen molar-refractivity contribution in [3.8, 4) is 16.9 Å². The highest BCUT2D eigenvalue weighted by atomic mass is 32.1. The highest BCUT2D eigenvalue weighted by Gasteiger charge is 2.16. The lowest BCUT2D eigenvalue weighted by Gasteiger charge is -2.08. The average molecular weight is 330 g/mol. The lowest BCUT2D eigenvalue weighted by molar-refractivity contribution is 0.200. The van der Waals surface area contributed by atoms with Crippen molar-refractivity contribution in [1.29, 1.82) is 0 Å². The summed E-state index contributed by atoms with van der Waals surface area (Å²) in [6.07, 6.45) is 0.586. The minimum absolute atomic E-state index is 0.124. The standard InChI is InChI=1S/C17H18N2O3S/c1-10-4-5-13(22-3)11(8-10)12-9-23-17-15(12)16(20)18-14(19-17)6-7-21-2/h4-5,8-9H,6-7H2,1-3H3,(H,18,19,20). The number of hydrogen-bond acceptors (Lipinski definition) is 5. The molecule has 2 heterocycles. The van der Waals surface area contributed by atoms with Crippen molar-refractivity contribution in [2.75, 3.05) is 20.8 Å². The Bertz CT molecular complexity index is 898. The molecular weight excluding hydrogens is 312 g/mol. The minimum atomic E-state index is -0.124. The van der Waals surface area contributed by atoms with Crippen molar-refractivity contribution >= 4 is 21.6 Å². The van der Waals surface area contributed by atoms with Gasteiger partial charge in [-0.15, -0.1) is 11.3 Å². The highest BCUT2D eigenvalue weighted by molar-refractivity contribution is 7.17. The van der Waals surface area contributed by atoms with E-state index in [0.717, 1.165) is 27.3 Å². The number of nitrogens with zero attached hydrogens (tertiary/aromatic N) is 1. The van der Waals surface area contributed by atoms with Crippen LogP contribution in [0.4, 0.5) is 0 Å². The Balaban J connectivity index is 2.17. The number of aromatic amines is 1. The number of rotatable bonds is 5. The van der Waals surface area contributed by atoms with E-state index in [2.05, 4.69) is 9.97 Å². The third-order valence-electron chi connectivity index (χ3n) is 3.68. The Kier molecular flexibility index (Phi) is 4.45. The molecule has 0 aliphatic heterocycles. The van der Waals surface area contributed by atoms with E-state index < -0.39 is 0 Å². The highest BCUT2D eigenvalue weighted by Crippen LogP contribution is 2.36. The number of nitrogens with one attached hydrogen (secondary N) is 1. The lowest BCUT2D eigenvalue weighted by atomic mass is 10.0. The van der Waals surface area contributed by atoms with Crippen LogP contribution in [0.3, 0.4) is 0 Å². The number of fused-ring (bicyclic) bond motifs is 1. The molecule has 0 aliphatic rings. The molecule has 0 saturated carbocycles. The van der Waals surface area contributed by atoms with E-state index in [-0.39, 0.29) is 5.56 Å². The molecule has 0 amide bonds. The van der Waals surface area contributed by atoms with Crippen LogP contribution in [0.5, 0.6) is 5.75 Å². The average Bonchev–Trinajstić information content (AvgIpc) is 2.97. The van der Waals surface area contributed by atoms with Gasteiger partial charge in [0.25, 0.3) is 5.56 Å². The third kappa shape index (κ3) is 3.00. The van der Waals surface area contributed by atoms with E-state index in [1.165, 1.54) is 11.3 Å². The van der Waals surface area contributed by atoms with Crippen LogP contribution >= 0.6 is 11.3 Å². The summed E-state index contributed by atoms with van der Waals surface area (Å²) in [5.74, 6) is 1.40. The fourth-order valence-electron chi connectivity index (χ4n) is 2.54. The van der Waals surface area contributed by atoms with Crippen LogP contribution in [0.25, 0.3) is 21.3 Å². The summed E-state index contributed by atoms with van der Waals surface area (Å²) >= 11 is 1.47. The smallest absolute Gasteiger partial charge is 0.260 e. The molecule has 2 aromatic heterocycles. The van der Waals surface area contributed by atoms with Gasteiger partial charge in [0.2, 0.25) is 0 Å². The van der Waals surface area contributed by atoms with Gasteiger partial charge in [0.1, 0.15) is 16.4 Å². The molecule has 6 heteroatoms. The predicted octanol–water partition coefficient (Wildman–Crippen LogP) is 3.16. The van der Waals surface area contributed by atoms with E-state index in [4.69, 9.17) is 9.47 Å². The van der Waals surface area contributed by atoms with Crippen LogP contribution < -0.4 is 10.3 Å². The van der Waals surface area contributed by atoms with Crippen LogP contribution in [0.1, 0.15) is 11.4 Å². The van der Waals surface area contributed by atoms with Gasteiger partial charge in [-0.1, -0.05) is 11.6 Å². The Morgan fingerprint density at radius 2 is 2.09 bits per heavy atom. The Hall–Kier alpha value is -2.18. The van der Waals surface area contributed by atoms with Gasteiger partial charge in [-0.25, -0.2) is 4.98 Å². The molecule has 0 bridgehead atoms. The maximum atomic E-state index is 12.5. The largest absolute Gasteiger partial charge is 0.496 e. The molecule has 0 saturated heterocycles. The normalized spacial score (nSPS) is 11.1. The summed E-state index contributed by atoms with van der Waals surface area (Å²) in [7, 11) is 3.26. The van der Waals surface area contributed by atoms with Gasteiger partial charge < -0.3 is 14.5 Å². The maximum Gasteiger partial charge on any atom is 0.260 e. The van der Waals surface area contributed by atoms with Crippen molar-refractivity contribution in [1.82, 2.24) is 9.97 Å². The molecule has 0 fully saturated rings. The van der Waals surface area contributed by atoms with Crippen LogP contribution in [0, 0.1) is 6.92 Å². The topological polar surface area (TPSA) is 64.2 Å². The third-order valence-corrected chi connectivity index (χ3v) is 4.55. The van der Waals surface area contributed by atoms with Gasteiger partial charge in [-0.2, -0.15) is 0 Å². The minimum Gasteiger partial charge on any atom is -0.496 e. The molecule has 0 atom stereocenters. The van der Waals surface area contributed by atoms with Gasteiger partial charge in [-0.3, -0.25) is 4.79 Å². The molecular formula is C17H18N2O3S. The van der Waals surface area contributed by atoms with Crippen molar-refractivity contribution in [2.24, 2.45) is 0 Å². The molecule has 3 rings (SSSR count). The zero-order valence-corrected chi connectivity index (χ0v) is 14.1. The second-order valence-corrected chi connectivity index (χ2v) is 6.15. The molecule has 0 spiro atoms. The van der Waals surface area contributed by atoms with Crippen LogP contribution in [0.2, 0.25) is 0 Å². The van der Waals surface area contributed by atoms with Crippen LogP contribution in [-0.4, -0.2) is 30.8 Å². The summed E-state index contributed by atoms with van der Waals surface area (Å²) in [6.45, 7) is 2.54. The first kappa shape index (κ1) is 15.7. The van der Waals surface area contributed by atoms with E-state index >= 15 is 0 Å². The number of benzene rings is 1. The zero-order chi connectivity index (χ0) is 16.4. The van der Waals surface area contributed by atoms with Crippen molar-refractivity contribution in [3.63, 3.8) is 0 Å². The molecule has 0 radical (unpaired) electrons. The number of H-pyrrole nitrogens is 1. The maximum absolute atomic E-state index is 12.5. The second-order valence-electron chi connectivity index (χ2n) is 5.29. The van der Waals surface area contributed by atoms with Gasteiger partial charge in [-0.05, 0) is 19.1 Å². The first-order valence-corrected chi connectivity index (χ1v) is 8.16. The molecule has 23 heavy (non-hydrogen) atoms. The van der Waals surface area contributed by atoms with E-state index in [1.807, 2.05) is 30.5 Å². The van der Waals surface area contributed by atoms with Crippen LogP contribution in [-0.2, 0) is 11.2 Å². The number of aryl methyl sites for hydroxylation is 1. The summed E-state index contributed by atoms with van der Waals surface area (Å²) in [6, 6.07) is 5.93. The molecule has 1 N–H and O–H groups in total. The zero-order valence-electron chi connectivity index (χ0n) is 13.3. The lowest BCUT2D eigenvalue weighted by Crippen LogP contribution is -2.12. The second kappa shape index (κ2) is 6.52. The van der Waals surface area contributed by atoms with Gasteiger partial charge in [0, 0.05) is 30.0 Å². The molecule has 0 aliphatic carbocycles. The molecule has 3 aromatic rings. The first-order chi connectivity index (χ1) is 11.1. The molecule has 5 nitrogen and oxygen atoms in total. The summed E-state index contributed by atoms with van der Waals surface area (Å²) in [5, 5.41) is 2.57. The molecule has 120 valence electrons. The summed E-state index contributed by atoms with van der Waals surface area (Å²) in [4.78, 5) is 20.7. The first-order valence-electron chi connectivity index (χ1n) is 7.28. The number of aromatic nitrogens is 2. The quantitative estimate of drug-likeness (QED) is 0.780. The van der Waals surface area contributed by atoms with Gasteiger partial charge >= 0.3 is 0 Å². The number of ether oxygens (including phenoxy) is 2. The van der Waals surface area contributed by atoms with Gasteiger partial charge in [0.05, 0.1) is 19.1 Å². The SMILES string of the molecule is COCCc1nc2scc(-c3cc(C)ccc3OC)c2c(=O)[nH]1. The van der Waals surface area contributed by atoms with E-state index in [1.54, 1.807) is 14.2 Å². The van der Waals surface area contributed by atoms with E-state index in [0.29, 0.717) is 24.2 Å². The van der Waals surface area contributed by atoms with Crippen molar-refractivity contribution < 1.29 is 9.47 Å². The van der Waals surface area contributed by atoms with Crippen molar-refractivity contribution in [2.45, 2.75) is 13.3 Å². The molecule has 1 aromatic carbocycles. The number of hydrogen-bond donors (Lipinski definition) is 1. The number of thiophene rings is 1. The Morgan fingerprint density at radius 1 is 1.26 bits per heavy atom. The predicted molar refractivity (Wildman–Crippen MR) is 92.5 cm³/mol. The monoisotopic (exact) mass is 330 g/mol. The summed E-state index contributed by atoms with van der Waals surface area (Å²) < 4.78 is 10.5. The van der Waals surface area contributed by atoms with E-state index in [9.17, 15) is 4.79 Å². The van der Waals surface area contributed by atoms with Crippen molar-refractivity contribution in [3.05, 3.63) is 45.3 Å². The fraction of sp³-hybridized carbons (Fsp3) is 0.294. The Morgan fingerprint density at radius 3 is 2.83 bits per heavy atom. The van der Waals surface area contributed by atoms with Gasteiger partial charge in [0.15, 0.2) is 0 Å². The molecule has 0 unspecified atom stereocenters. The summed E-state index contributed by atoms with van der Waals surface area (Å²) in [5.41, 5.74) is 2.76. The van der Waals surface area contributed by atoms with Crippen LogP contribution in [0.15, 0.2) is 28.4 Å².